The predicted molar refractivity (Wildman–Crippen MR) is 243 cm³/mol. The Labute approximate surface area is 332 Å². The highest BCUT2D eigenvalue weighted by atomic mass is 15.1. The monoisotopic (exact) mass is 722 g/mol. The summed E-state index contributed by atoms with van der Waals surface area (Å²) in [5.41, 5.74) is 16.5. The van der Waals surface area contributed by atoms with Gasteiger partial charge in [0, 0.05) is 34.1 Å². The van der Waals surface area contributed by atoms with Crippen molar-refractivity contribution in [2.45, 2.75) is 27.7 Å². The standard InChI is InChI=1S/C54H46N2/c1-39-9-27-47(28-10-39)55(48-29-11-40(2)12-30-48)51-35-19-43(20-36-51)17-23-45-25-26-46(54-8-6-5-7-53(45)54)24-18-44-21-37-52(38-22-44)56(49-31-13-41(3)14-32-49)50-33-15-42(4)16-34-50/h5-38H,1-4H3. The maximum absolute atomic E-state index is 2.31. The van der Waals surface area contributed by atoms with Crippen LogP contribution in [0.25, 0.3) is 35.1 Å². The van der Waals surface area contributed by atoms with E-state index in [4.69, 9.17) is 0 Å². The molecule has 0 unspecified atom stereocenters. The molecular formula is C54H46N2. The van der Waals surface area contributed by atoms with Crippen LogP contribution in [0.3, 0.4) is 0 Å². The Bertz CT molecular complexity index is 2330. The minimum atomic E-state index is 1.13. The van der Waals surface area contributed by atoms with Crippen molar-refractivity contribution in [1.29, 1.82) is 0 Å². The zero-order chi connectivity index (χ0) is 38.4. The molecule has 8 aromatic carbocycles. The second kappa shape index (κ2) is 16.2. The summed E-state index contributed by atoms with van der Waals surface area (Å²) in [5.74, 6) is 0. The molecule has 0 spiro atoms. The summed E-state index contributed by atoms with van der Waals surface area (Å²) in [4.78, 5) is 4.62. The van der Waals surface area contributed by atoms with Crippen molar-refractivity contribution in [3.63, 3.8) is 0 Å². The lowest BCUT2D eigenvalue weighted by Gasteiger charge is -2.26. The zero-order valence-corrected chi connectivity index (χ0v) is 32.5. The zero-order valence-electron chi connectivity index (χ0n) is 32.5. The molecule has 8 aromatic rings. The Kier molecular flexibility index (Phi) is 10.5. The van der Waals surface area contributed by atoms with Gasteiger partial charge in [-0.15, -0.1) is 0 Å². The van der Waals surface area contributed by atoms with Gasteiger partial charge in [-0.3, -0.25) is 0 Å². The van der Waals surface area contributed by atoms with Crippen LogP contribution in [0.2, 0.25) is 0 Å². The van der Waals surface area contributed by atoms with Gasteiger partial charge in [-0.2, -0.15) is 0 Å². The maximum atomic E-state index is 2.31. The highest BCUT2D eigenvalue weighted by Crippen LogP contribution is 2.37. The molecule has 0 saturated heterocycles. The topological polar surface area (TPSA) is 6.48 Å². The first-order chi connectivity index (χ1) is 27.4. The van der Waals surface area contributed by atoms with Crippen LogP contribution >= 0.6 is 0 Å². The average molecular weight is 723 g/mol. The fourth-order valence-corrected chi connectivity index (χ4v) is 7.15. The van der Waals surface area contributed by atoms with Crippen LogP contribution in [-0.2, 0) is 0 Å². The SMILES string of the molecule is Cc1ccc(N(c2ccc(C)cc2)c2ccc(C=Cc3ccc(C=Cc4ccc(N(c5ccc(C)cc5)c5ccc(C)cc5)cc4)c4ccccc34)cc2)cc1. The van der Waals surface area contributed by atoms with Crippen LogP contribution < -0.4 is 9.80 Å². The molecule has 2 heteroatoms. The van der Waals surface area contributed by atoms with Gasteiger partial charge in [0.25, 0.3) is 0 Å². The molecule has 0 fully saturated rings. The average Bonchev–Trinajstić information content (AvgIpc) is 3.23. The molecule has 0 heterocycles. The van der Waals surface area contributed by atoms with E-state index in [1.165, 1.54) is 44.2 Å². The van der Waals surface area contributed by atoms with Crippen LogP contribution in [0.1, 0.15) is 44.5 Å². The summed E-state index contributed by atoms with van der Waals surface area (Å²) in [5, 5.41) is 2.46. The third kappa shape index (κ3) is 8.11. The van der Waals surface area contributed by atoms with Crippen LogP contribution in [0.15, 0.2) is 182 Å². The summed E-state index contributed by atoms with van der Waals surface area (Å²) < 4.78 is 0. The highest BCUT2D eigenvalue weighted by molar-refractivity contribution is 5.99. The van der Waals surface area contributed by atoms with Gasteiger partial charge in [0.05, 0.1) is 0 Å². The molecule has 0 amide bonds. The molecule has 0 aliphatic heterocycles. The minimum Gasteiger partial charge on any atom is -0.311 e. The number of rotatable bonds is 10. The molecule has 0 aliphatic rings. The smallest absolute Gasteiger partial charge is 0.0462 e. The van der Waals surface area contributed by atoms with Crippen molar-refractivity contribution in [3.8, 4) is 0 Å². The third-order valence-electron chi connectivity index (χ3n) is 10.4. The molecule has 0 radical (unpaired) electrons. The third-order valence-corrected chi connectivity index (χ3v) is 10.4. The number of anilines is 6. The Morgan fingerprint density at radius 1 is 0.268 bits per heavy atom. The summed E-state index contributed by atoms with van der Waals surface area (Å²) in [6.45, 7) is 8.51. The van der Waals surface area contributed by atoms with Gasteiger partial charge in [-0.1, -0.05) is 156 Å². The van der Waals surface area contributed by atoms with E-state index in [0.717, 1.165) is 45.3 Å². The van der Waals surface area contributed by atoms with Gasteiger partial charge in [0.15, 0.2) is 0 Å². The van der Waals surface area contributed by atoms with Gasteiger partial charge < -0.3 is 9.80 Å². The first-order valence-electron chi connectivity index (χ1n) is 19.3. The number of hydrogen-bond acceptors (Lipinski definition) is 2. The van der Waals surface area contributed by atoms with Gasteiger partial charge >= 0.3 is 0 Å². The quantitative estimate of drug-likeness (QED) is 0.130. The van der Waals surface area contributed by atoms with Crippen molar-refractivity contribution >= 4 is 69.2 Å². The van der Waals surface area contributed by atoms with Crippen molar-refractivity contribution in [2.75, 3.05) is 9.80 Å². The van der Waals surface area contributed by atoms with Gasteiger partial charge in [0.1, 0.15) is 0 Å². The lowest BCUT2D eigenvalue weighted by molar-refractivity contribution is 1.27. The fourth-order valence-electron chi connectivity index (χ4n) is 7.15. The summed E-state index contributed by atoms with van der Waals surface area (Å²) in [6.07, 6.45) is 8.88. The van der Waals surface area contributed by atoms with E-state index in [1.807, 2.05) is 0 Å². The molecule has 0 atom stereocenters. The van der Waals surface area contributed by atoms with Crippen molar-refractivity contribution in [1.82, 2.24) is 0 Å². The van der Waals surface area contributed by atoms with Gasteiger partial charge in [0.2, 0.25) is 0 Å². The van der Waals surface area contributed by atoms with Crippen molar-refractivity contribution in [2.24, 2.45) is 0 Å². The number of fused-ring (bicyclic) bond motifs is 1. The second-order valence-corrected chi connectivity index (χ2v) is 14.7. The van der Waals surface area contributed by atoms with E-state index in [0.29, 0.717) is 0 Å². The molecule has 272 valence electrons. The molecular weight excluding hydrogens is 677 g/mol. The van der Waals surface area contributed by atoms with E-state index < -0.39 is 0 Å². The van der Waals surface area contributed by atoms with Crippen LogP contribution in [0.5, 0.6) is 0 Å². The van der Waals surface area contributed by atoms with E-state index in [1.54, 1.807) is 0 Å². The molecule has 0 saturated carbocycles. The van der Waals surface area contributed by atoms with Crippen LogP contribution in [-0.4, -0.2) is 0 Å². The molecule has 0 aromatic heterocycles. The number of benzene rings is 8. The van der Waals surface area contributed by atoms with Crippen LogP contribution in [0.4, 0.5) is 34.1 Å². The highest BCUT2D eigenvalue weighted by Gasteiger charge is 2.14. The Hall–Kier alpha value is -6.90. The first-order valence-corrected chi connectivity index (χ1v) is 19.3. The van der Waals surface area contributed by atoms with Crippen molar-refractivity contribution in [3.05, 3.63) is 226 Å². The molecule has 8 rings (SSSR count). The Morgan fingerprint density at radius 2 is 0.518 bits per heavy atom. The van der Waals surface area contributed by atoms with E-state index in [9.17, 15) is 0 Å². The molecule has 0 aliphatic carbocycles. The summed E-state index contributed by atoms with van der Waals surface area (Å²) in [7, 11) is 0. The molecule has 0 bridgehead atoms. The lowest BCUT2D eigenvalue weighted by atomic mass is 9.98. The van der Waals surface area contributed by atoms with E-state index >= 15 is 0 Å². The molecule has 56 heavy (non-hydrogen) atoms. The summed E-state index contributed by atoms with van der Waals surface area (Å²) >= 11 is 0. The molecule has 0 N–H and O–H groups in total. The fraction of sp³-hybridized carbons (Fsp3) is 0.0741. The number of hydrogen-bond donors (Lipinski definition) is 0. The molecule has 2 nitrogen and oxygen atoms in total. The Morgan fingerprint density at radius 3 is 0.786 bits per heavy atom. The van der Waals surface area contributed by atoms with E-state index in [2.05, 4.69) is 244 Å². The largest absolute Gasteiger partial charge is 0.311 e. The Balaban J connectivity index is 1.02. The predicted octanol–water partition coefficient (Wildman–Crippen LogP) is 15.4. The van der Waals surface area contributed by atoms with Gasteiger partial charge in [-0.05, 0) is 134 Å². The number of aryl methyl sites for hydroxylation is 4. The van der Waals surface area contributed by atoms with Crippen LogP contribution in [0, 0.1) is 27.7 Å². The van der Waals surface area contributed by atoms with Gasteiger partial charge in [-0.25, -0.2) is 0 Å². The van der Waals surface area contributed by atoms with E-state index in [-0.39, 0.29) is 0 Å². The maximum Gasteiger partial charge on any atom is 0.0462 e. The summed E-state index contributed by atoms with van der Waals surface area (Å²) in [6, 6.07) is 65.7. The minimum absolute atomic E-state index is 1.13. The second-order valence-electron chi connectivity index (χ2n) is 14.7. The normalized spacial score (nSPS) is 11.4. The number of nitrogens with zero attached hydrogens (tertiary/aromatic N) is 2. The van der Waals surface area contributed by atoms with Crippen molar-refractivity contribution < 1.29 is 0 Å². The first kappa shape index (κ1) is 36.1. The lowest BCUT2D eigenvalue weighted by Crippen LogP contribution is -2.09.